The molecule has 0 unspecified atom stereocenters. The fourth-order valence-electron chi connectivity index (χ4n) is 3.38. The summed E-state index contributed by atoms with van der Waals surface area (Å²) < 4.78 is 27.5. The minimum absolute atomic E-state index is 0.150. The van der Waals surface area contributed by atoms with Crippen molar-refractivity contribution in [3.63, 3.8) is 0 Å². The molecular weight excluding hydrogens is 400 g/mol. The summed E-state index contributed by atoms with van der Waals surface area (Å²) in [6.45, 7) is 6.03. The molecule has 31 heavy (non-hydrogen) atoms. The third-order valence-electron chi connectivity index (χ3n) is 4.65. The molecule has 8 nitrogen and oxygen atoms in total. The van der Waals surface area contributed by atoms with Crippen LogP contribution in [0.2, 0.25) is 0 Å². The Labute approximate surface area is 180 Å². The number of hydrogen-bond acceptors (Lipinski definition) is 8. The van der Waals surface area contributed by atoms with Crippen LogP contribution in [0.15, 0.2) is 47.0 Å². The van der Waals surface area contributed by atoms with E-state index in [1.807, 2.05) is 57.2 Å². The number of carbonyl (C=O) groups is 1. The largest absolute Gasteiger partial charge is 0.493 e. The van der Waals surface area contributed by atoms with Crippen molar-refractivity contribution in [2.45, 2.75) is 39.4 Å². The first-order valence-corrected chi connectivity index (χ1v) is 10.1. The van der Waals surface area contributed by atoms with Crippen molar-refractivity contribution >= 4 is 5.97 Å². The van der Waals surface area contributed by atoms with E-state index in [2.05, 4.69) is 10.1 Å². The van der Waals surface area contributed by atoms with Crippen LogP contribution >= 0.6 is 0 Å². The Morgan fingerprint density at radius 1 is 1.10 bits per heavy atom. The summed E-state index contributed by atoms with van der Waals surface area (Å²) in [6.07, 6.45) is 0.788. The lowest BCUT2D eigenvalue weighted by atomic mass is 10.0. The predicted molar refractivity (Wildman–Crippen MR) is 111 cm³/mol. The molecule has 1 aromatic heterocycles. The summed E-state index contributed by atoms with van der Waals surface area (Å²) in [5, 5.41) is 3.95. The normalized spacial score (nSPS) is 13.9. The van der Waals surface area contributed by atoms with Gasteiger partial charge in [-0.05, 0) is 39.0 Å². The summed E-state index contributed by atoms with van der Waals surface area (Å²) >= 11 is 0. The Bertz CT molecular complexity index is 1080. The predicted octanol–water partition coefficient (Wildman–Crippen LogP) is 3.97. The Hall–Kier alpha value is -3.55. The molecule has 0 atom stereocenters. The van der Waals surface area contributed by atoms with E-state index >= 15 is 0 Å². The molecule has 0 N–H and O–H groups in total. The first-order valence-electron chi connectivity index (χ1n) is 10.1. The van der Waals surface area contributed by atoms with Crippen LogP contribution in [-0.4, -0.2) is 34.9 Å². The van der Waals surface area contributed by atoms with E-state index in [4.69, 9.17) is 23.5 Å². The lowest BCUT2D eigenvalue weighted by molar-refractivity contribution is -0.148. The van der Waals surface area contributed by atoms with Crippen molar-refractivity contribution in [1.29, 1.82) is 0 Å². The van der Waals surface area contributed by atoms with E-state index in [1.165, 1.54) is 0 Å². The van der Waals surface area contributed by atoms with Gasteiger partial charge in [0.25, 0.3) is 5.89 Å². The van der Waals surface area contributed by atoms with Gasteiger partial charge in [-0.2, -0.15) is 4.98 Å². The topological polar surface area (TPSA) is 92.9 Å². The number of benzene rings is 2. The monoisotopic (exact) mass is 424 g/mol. The molecule has 3 aromatic rings. The van der Waals surface area contributed by atoms with Crippen molar-refractivity contribution in [2.75, 3.05) is 13.2 Å². The first kappa shape index (κ1) is 20.7. The number of esters is 1. The van der Waals surface area contributed by atoms with Crippen LogP contribution in [0.5, 0.6) is 17.2 Å². The van der Waals surface area contributed by atoms with E-state index < -0.39 is 5.97 Å². The number of rotatable bonds is 8. The molecule has 1 aliphatic rings. The van der Waals surface area contributed by atoms with Crippen LogP contribution in [-0.2, 0) is 22.6 Å². The van der Waals surface area contributed by atoms with Gasteiger partial charge < -0.3 is 23.5 Å². The first-order chi connectivity index (χ1) is 14.9. The fourth-order valence-corrected chi connectivity index (χ4v) is 3.38. The highest BCUT2D eigenvalue weighted by atomic mass is 16.6. The highest BCUT2D eigenvalue weighted by Gasteiger charge is 2.32. The summed E-state index contributed by atoms with van der Waals surface area (Å²) in [4.78, 5) is 16.4. The zero-order valence-corrected chi connectivity index (χ0v) is 17.7. The molecule has 0 amide bonds. The molecule has 0 fully saturated rings. The standard InChI is InChI=1S/C23H24N2O6/c1-4-27-17-10-6-5-9-16(17)22-24-19(31-25-22)13-29-20(26)14-28-18-11-7-8-15-12-23(2,3)30-21(15)18/h5-11H,4,12-14H2,1-3H3. The second-order valence-corrected chi connectivity index (χ2v) is 7.67. The van der Waals surface area contributed by atoms with Gasteiger partial charge in [0.15, 0.2) is 24.7 Å². The maximum atomic E-state index is 12.1. The molecule has 162 valence electrons. The minimum atomic E-state index is -0.552. The molecular formula is C23H24N2O6. The number of nitrogens with zero attached hydrogens (tertiary/aromatic N) is 2. The zero-order chi connectivity index (χ0) is 21.8. The molecule has 2 aromatic carbocycles. The van der Waals surface area contributed by atoms with Gasteiger partial charge in [-0.1, -0.05) is 29.4 Å². The summed E-state index contributed by atoms with van der Waals surface area (Å²) in [5.41, 5.74) is 1.47. The quantitative estimate of drug-likeness (QED) is 0.502. The van der Waals surface area contributed by atoms with Gasteiger partial charge in [-0.15, -0.1) is 0 Å². The number of carbonyl (C=O) groups excluding carboxylic acids is 1. The Morgan fingerprint density at radius 3 is 2.74 bits per heavy atom. The Kier molecular flexibility index (Phi) is 5.79. The number of fused-ring (bicyclic) bond motifs is 1. The number of hydrogen-bond donors (Lipinski definition) is 0. The number of ether oxygens (including phenoxy) is 4. The van der Waals surface area contributed by atoms with Crippen LogP contribution in [0.4, 0.5) is 0 Å². The third-order valence-corrected chi connectivity index (χ3v) is 4.65. The van der Waals surface area contributed by atoms with Crippen LogP contribution < -0.4 is 14.2 Å². The van der Waals surface area contributed by atoms with Crippen LogP contribution in [0.1, 0.15) is 32.2 Å². The molecule has 0 bridgehead atoms. The fraction of sp³-hybridized carbons (Fsp3) is 0.348. The van der Waals surface area contributed by atoms with Crippen molar-refractivity contribution in [3.8, 4) is 28.6 Å². The average molecular weight is 424 g/mol. The van der Waals surface area contributed by atoms with Crippen LogP contribution in [0.3, 0.4) is 0 Å². The molecule has 0 radical (unpaired) electrons. The highest BCUT2D eigenvalue weighted by molar-refractivity contribution is 5.71. The van der Waals surface area contributed by atoms with E-state index in [-0.39, 0.29) is 24.7 Å². The second kappa shape index (κ2) is 8.67. The van der Waals surface area contributed by atoms with E-state index in [1.54, 1.807) is 6.07 Å². The molecule has 4 rings (SSSR count). The smallest absolute Gasteiger partial charge is 0.344 e. The molecule has 0 saturated carbocycles. The van der Waals surface area contributed by atoms with E-state index in [0.717, 1.165) is 12.0 Å². The van der Waals surface area contributed by atoms with Crippen LogP contribution in [0.25, 0.3) is 11.4 Å². The van der Waals surface area contributed by atoms with Crippen molar-refractivity contribution in [3.05, 3.63) is 53.9 Å². The molecule has 1 aliphatic heterocycles. The Balaban J connectivity index is 1.33. The third kappa shape index (κ3) is 4.79. The van der Waals surface area contributed by atoms with Gasteiger partial charge in [0.05, 0.1) is 12.2 Å². The Morgan fingerprint density at radius 2 is 1.90 bits per heavy atom. The summed E-state index contributed by atoms with van der Waals surface area (Å²) in [7, 11) is 0. The van der Waals surface area contributed by atoms with E-state index in [9.17, 15) is 4.79 Å². The van der Waals surface area contributed by atoms with Gasteiger partial charge in [-0.3, -0.25) is 0 Å². The molecule has 0 spiro atoms. The highest BCUT2D eigenvalue weighted by Crippen LogP contribution is 2.41. The summed E-state index contributed by atoms with van der Waals surface area (Å²) in [6, 6.07) is 13.0. The van der Waals surface area contributed by atoms with Crippen molar-refractivity contribution in [1.82, 2.24) is 10.1 Å². The maximum Gasteiger partial charge on any atom is 0.344 e. The van der Waals surface area contributed by atoms with Crippen molar-refractivity contribution in [2.24, 2.45) is 0 Å². The van der Waals surface area contributed by atoms with Gasteiger partial charge in [0, 0.05) is 12.0 Å². The van der Waals surface area contributed by atoms with E-state index in [0.29, 0.717) is 35.2 Å². The van der Waals surface area contributed by atoms with Gasteiger partial charge >= 0.3 is 5.97 Å². The molecule has 2 heterocycles. The molecule has 0 saturated heterocycles. The SMILES string of the molecule is CCOc1ccccc1-c1noc(COC(=O)COc2cccc3c2OC(C)(C)C3)n1. The molecule has 8 heteroatoms. The van der Waals surface area contributed by atoms with Gasteiger partial charge in [0.1, 0.15) is 11.4 Å². The lowest BCUT2D eigenvalue weighted by Gasteiger charge is -2.18. The van der Waals surface area contributed by atoms with Crippen molar-refractivity contribution < 1.29 is 28.3 Å². The average Bonchev–Trinajstić information content (AvgIpc) is 3.34. The minimum Gasteiger partial charge on any atom is -0.493 e. The number of aromatic nitrogens is 2. The summed E-state index contributed by atoms with van der Waals surface area (Å²) in [5.74, 6) is 1.85. The van der Waals surface area contributed by atoms with Gasteiger partial charge in [-0.25, -0.2) is 4.79 Å². The zero-order valence-electron chi connectivity index (χ0n) is 17.7. The van der Waals surface area contributed by atoms with Gasteiger partial charge in [0.2, 0.25) is 5.82 Å². The lowest BCUT2D eigenvalue weighted by Crippen LogP contribution is -2.24. The number of para-hydroxylation sites is 2. The van der Waals surface area contributed by atoms with Crippen LogP contribution in [0, 0.1) is 0 Å². The second-order valence-electron chi connectivity index (χ2n) is 7.67. The molecule has 0 aliphatic carbocycles. The maximum absolute atomic E-state index is 12.1.